The van der Waals surface area contributed by atoms with Gasteiger partial charge >= 0.3 is 17.9 Å². The summed E-state index contributed by atoms with van der Waals surface area (Å²) in [6.07, 6.45) is 91.1. The van der Waals surface area contributed by atoms with Crippen LogP contribution in [0.4, 0.5) is 0 Å². The lowest BCUT2D eigenvalue weighted by Crippen LogP contribution is -2.30. The lowest BCUT2D eigenvalue weighted by atomic mass is 10.1. The molecule has 0 fully saturated rings. The number of esters is 3. The zero-order valence-corrected chi connectivity index (χ0v) is 51.9. The van der Waals surface area contributed by atoms with Crippen LogP contribution in [0.1, 0.15) is 316 Å². The van der Waals surface area contributed by atoms with Crippen molar-refractivity contribution in [3.63, 3.8) is 0 Å². The van der Waals surface area contributed by atoms with Crippen LogP contribution in [0, 0.1) is 0 Å². The zero-order valence-electron chi connectivity index (χ0n) is 51.9. The van der Waals surface area contributed by atoms with Crippen molar-refractivity contribution < 1.29 is 28.6 Å². The van der Waals surface area contributed by atoms with Gasteiger partial charge in [0, 0.05) is 19.3 Å². The third-order valence-electron chi connectivity index (χ3n) is 14.2. The van der Waals surface area contributed by atoms with Crippen LogP contribution >= 0.6 is 0 Å². The number of hydrogen-bond acceptors (Lipinski definition) is 6. The van der Waals surface area contributed by atoms with Gasteiger partial charge in [-0.05, 0) is 116 Å². The second-order valence-corrected chi connectivity index (χ2v) is 22.0. The molecule has 1 unspecified atom stereocenters. The summed E-state index contributed by atoms with van der Waals surface area (Å²) in [6, 6.07) is 0. The Morgan fingerprint density at radius 1 is 0.266 bits per heavy atom. The fourth-order valence-corrected chi connectivity index (χ4v) is 9.26. The number of allylic oxidation sites excluding steroid dienone is 18. The molecule has 0 aromatic rings. The van der Waals surface area contributed by atoms with Crippen LogP contribution in [0.5, 0.6) is 0 Å². The lowest BCUT2D eigenvalue weighted by molar-refractivity contribution is -0.166. The smallest absolute Gasteiger partial charge is 0.306 e. The minimum atomic E-state index is -0.815. The molecule has 1 atom stereocenters. The molecule has 0 heterocycles. The summed E-state index contributed by atoms with van der Waals surface area (Å²) in [5.74, 6) is -0.988. The molecule has 0 aromatic carbocycles. The quantitative estimate of drug-likeness (QED) is 0.0261. The van der Waals surface area contributed by atoms with E-state index in [9.17, 15) is 14.4 Å². The van der Waals surface area contributed by atoms with E-state index in [1.807, 2.05) is 6.08 Å². The first-order valence-electron chi connectivity index (χ1n) is 33.4. The molecular formula is C73H124O6. The summed E-state index contributed by atoms with van der Waals surface area (Å²) in [7, 11) is 0. The highest BCUT2D eigenvalue weighted by Crippen LogP contribution is 2.16. The van der Waals surface area contributed by atoms with Gasteiger partial charge in [-0.25, -0.2) is 0 Å². The molecule has 0 aliphatic heterocycles. The maximum Gasteiger partial charge on any atom is 0.306 e. The van der Waals surface area contributed by atoms with E-state index >= 15 is 0 Å². The molecule has 0 aliphatic carbocycles. The number of ether oxygens (including phenoxy) is 3. The van der Waals surface area contributed by atoms with Crippen LogP contribution in [0.25, 0.3) is 0 Å². The first kappa shape index (κ1) is 75.1. The van der Waals surface area contributed by atoms with E-state index < -0.39 is 6.10 Å². The van der Waals surface area contributed by atoms with E-state index in [1.54, 1.807) is 0 Å². The molecule has 0 amide bonds. The summed E-state index contributed by atoms with van der Waals surface area (Å²) in [5, 5.41) is 0. The largest absolute Gasteiger partial charge is 0.462 e. The Hall–Kier alpha value is -3.93. The van der Waals surface area contributed by atoms with Crippen molar-refractivity contribution in [1.82, 2.24) is 0 Å². The molecule has 6 heteroatoms. The topological polar surface area (TPSA) is 78.9 Å². The fourth-order valence-electron chi connectivity index (χ4n) is 9.26. The molecule has 452 valence electrons. The molecule has 0 aliphatic rings. The van der Waals surface area contributed by atoms with Crippen LogP contribution in [0.2, 0.25) is 0 Å². The predicted octanol–water partition coefficient (Wildman–Crippen LogP) is 23.0. The van der Waals surface area contributed by atoms with Crippen LogP contribution in [0.15, 0.2) is 109 Å². The van der Waals surface area contributed by atoms with Gasteiger partial charge in [-0.1, -0.05) is 291 Å². The van der Waals surface area contributed by atoms with E-state index in [0.717, 1.165) is 83.5 Å². The maximum absolute atomic E-state index is 12.9. The van der Waals surface area contributed by atoms with Gasteiger partial charge in [0.1, 0.15) is 13.2 Å². The van der Waals surface area contributed by atoms with E-state index in [0.29, 0.717) is 19.3 Å². The third kappa shape index (κ3) is 64.8. The van der Waals surface area contributed by atoms with Crippen LogP contribution < -0.4 is 0 Å². The monoisotopic (exact) mass is 1100 g/mol. The minimum Gasteiger partial charge on any atom is -0.462 e. The second-order valence-electron chi connectivity index (χ2n) is 22.0. The predicted molar refractivity (Wildman–Crippen MR) is 343 cm³/mol. The van der Waals surface area contributed by atoms with Crippen LogP contribution in [-0.2, 0) is 28.6 Å². The van der Waals surface area contributed by atoms with Crippen LogP contribution in [-0.4, -0.2) is 37.2 Å². The van der Waals surface area contributed by atoms with Crippen molar-refractivity contribution in [2.45, 2.75) is 322 Å². The Kier molecular flexibility index (Phi) is 63.3. The average molecular weight is 1100 g/mol. The lowest BCUT2D eigenvalue weighted by Gasteiger charge is -2.18. The Bertz CT molecular complexity index is 1590. The average Bonchev–Trinajstić information content (AvgIpc) is 3.45. The van der Waals surface area contributed by atoms with Crippen molar-refractivity contribution in [2.24, 2.45) is 0 Å². The van der Waals surface area contributed by atoms with Crippen molar-refractivity contribution in [3.05, 3.63) is 109 Å². The number of hydrogen-bond donors (Lipinski definition) is 0. The highest BCUT2D eigenvalue weighted by atomic mass is 16.6. The first-order valence-corrected chi connectivity index (χ1v) is 33.4. The fraction of sp³-hybridized carbons (Fsp3) is 0.712. The highest BCUT2D eigenvalue weighted by Gasteiger charge is 2.19. The molecule has 0 N–H and O–H groups in total. The molecule has 0 saturated carbocycles. The maximum atomic E-state index is 12.9. The molecular weight excluding hydrogens is 973 g/mol. The van der Waals surface area contributed by atoms with E-state index in [1.165, 1.54) is 186 Å². The number of unbranched alkanes of at least 4 members (excludes halogenated alkanes) is 31. The van der Waals surface area contributed by atoms with Gasteiger partial charge in [-0.3, -0.25) is 14.4 Å². The van der Waals surface area contributed by atoms with Gasteiger partial charge in [0.25, 0.3) is 0 Å². The van der Waals surface area contributed by atoms with Crippen molar-refractivity contribution in [3.8, 4) is 0 Å². The summed E-state index contributed by atoms with van der Waals surface area (Å²) in [6.45, 7) is 6.48. The molecule has 0 aromatic heterocycles. The van der Waals surface area contributed by atoms with Crippen molar-refractivity contribution in [2.75, 3.05) is 13.2 Å². The Balaban J connectivity index is 4.48. The van der Waals surface area contributed by atoms with E-state index in [-0.39, 0.29) is 37.5 Å². The molecule has 0 rings (SSSR count). The van der Waals surface area contributed by atoms with Gasteiger partial charge in [0.05, 0.1) is 0 Å². The number of carbonyl (C=O) groups is 3. The molecule has 6 nitrogen and oxygen atoms in total. The summed E-state index contributed by atoms with van der Waals surface area (Å²) in [4.78, 5) is 38.4. The highest BCUT2D eigenvalue weighted by molar-refractivity contribution is 5.71. The van der Waals surface area contributed by atoms with Crippen molar-refractivity contribution >= 4 is 17.9 Å². The van der Waals surface area contributed by atoms with Gasteiger partial charge in [-0.15, -0.1) is 0 Å². The standard InChI is InChI=1S/C73H124O6/c1-4-7-10-13-16-19-22-25-28-31-34-36-39-42-45-48-51-54-57-60-63-66-72(75)78-69-70(68-77-71(74)65-62-59-56-53-50-47-44-41-38-33-30-27-24-21-18-15-12-9-6-3)79-73(76)67-64-61-58-55-52-49-46-43-40-37-35-32-29-26-23-20-17-14-11-8-5-2/h9,12,18,21-22,25,27,30-32,34-35,38,41,47,50,56,59,70H,4-8,10-11,13-17,19-20,23-24,26,28-29,33,36-37,39-40,42-46,48-49,51-55,57-58,60-69H2,1-3H3/b12-9-,21-18-,25-22-,30-27-,34-31-,35-32-,41-38-,50-47-,59-56-. The summed E-state index contributed by atoms with van der Waals surface area (Å²) >= 11 is 0. The van der Waals surface area contributed by atoms with Crippen molar-refractivity contribution in [1.29, 1.82) is 0 Å². The van der Waals surface area contributed by atoms with Crippen LogP contribution in [0.3, 0.4) is 0 Å². The second kappa shape index (κ2) is 66.6. The zero-order chi connectivity index (χ0) is 57.1. The molecule has 0 saturated heterocycles. The molecule has 0 radical (unpaired) electrons. The minimum absolute atomic E-state index is 0.104. The van der Waals surface area contributed by atoms with Gasteiger partial charge in [-0.2, -0.15) is 0 Å². The third-order valence-corrected chi connectivity index (χ3v) is 14.2. The van der Waals surface area contributed by atoms with Gasteiger partial charge < -0.3 is 14.2 Å². The number of carbonyl (C=O) groups excluding carboxylic acids is 3. The summed E-state index contributed by atoms with van der Waals surface area (Å²) < 4.78 is 16.9. The molecule has 0 spiro atoms. The summed E-state index contributed by atoms with van der Waals surface area (Å²) in [5.41, 5.74) is 0. The number of rotatable bonds is 60. The Labute approximate surface area is 489 Å². The molecule has 79 heavy (non-hydrogen) atoms. The Morgan fingerprint density at radius 2 is 0.519 bits per heavy atom. The van der Waals surface area contributed by atoms with Gasteiger partial charge in [0.15, 0.2) is 6.10 Å². The Morgan fingerprint density at radius 3 is 0.861 bits per heavy atom. The van der Waals surface area contributed by atoms with Gasteiger partial charge in [0.2, 0.25) is 0 Å². The van der Waals surface area contributed by atoms with E-state index in [2.05, 4.69) is 124 Å². The first-order chi connectivity index (χ1) is 39.0. The molecule has 0 bridgehead atoms. The SMILES string of the molecule is CC/C=C\C/C=C\C/C=C\C/C=C\C/C=C\C/C=C\CCC(=O)OCC(COC(=O)CCCCCCCCCCC/C=C\C/C=C\CCCCCCC)OC(=O)CCCCCCCCCCC/C=C\CCCCCCCCCC. The van der Waals surface area contributed by atoms with E-state index in [4.69, 9.17) is 14.2 Å². The normalized spacial score (nSPS) is 12.8.